The Morgan fingerprint density at radius 1 is 0.510 bits per heavy atom. The quantitative estimate of drug-likeness (QED) is 0.175. The Labute approximate surface area is 295 Å². The fraction of sp³-hybridized carbons (Fsp3) is 0. The van der Waals surface area contributed by atoms with Gasteiger partial charge in [-0.15, -0.1) is 0 Å². The molecule has 0 saturated heterocycles. The SMILES string of the molecule is N=C1/C(=N\Nc2ccccc2)C=Cc2ccc3cc(-c4ccccc4-c4nc(-c5cccc(-c6ccccc6)c5)c5ccccc5n4)ccc3c21. The molecule has 0 saturated carbocycles. The summed E-state index contributed by atoms with van der Waals surface area (Å²) in [5, 5.41) is 16.8. The van der Waals surface area contributed by atoms with Crippen LogP contribution in [0.1, 0.15) is 11.1 Å². The van der Waals surface area contributed by atoms with E-state index in [0.717, 1.165) is 72.0 Å². The van der Waals surface area contributed by atoms with Crippen molar-refractivity contribution in [1.29, 1.82) is 5.41 Å². The molecule has 9 rings (SSSR count). The first kappa shape index (κ1) is 30.1. The summed E-state index contributed by atoms with van der Waals surface area (Å²) in [5.74, 6) is 0.675. The lowest BCUT2D eigenvalue weighted by Crippen LogP contribution is -2.18. The summed E-state index contributed by atoms with van der Waals surface area (Å²) >= 11 is 0. The van der Waals surface area contributed by atoms with Crippen LogP contribution in [0.3, 0.4) is 0 Å². The molecular weight excluding hydrogens is 623 g/mol. The Bertz CT molecular complexity index is 2680. The fourth-order valence-electron chi connectivity index (χ4n) is 6.87. The largest absolute Gasteiger partial charge is 0.298 e. The Hall–Kier alpha value is -6.98. The van der Waals surface area contributed by atoms with Crippen molar-refractivity contribution < 1.29 is 0 Å². The third-order valence-corrected chi connectivity index (χ3v) is 9.38. The van der Waals surface area contributed by atoms with Crippen molar-refractivity contribution in [3.05, 3.63) is 181 Å². The summed E-state index contributed by atoms with van der Waals surface area (Å²) in [7, 11) is 0. The molecule has 5 heteroatoms. The molecule has 2 N–H and O–H groups in total. The first-order valence-electron chi connectivity index (χ1n) is 16.9. The van der Waals surface area contributed by atoms with Gasteiger partial charge in [0.05, 0.1) is 22.6 Å². The minimum atomic E-state index is 0.392. The van der Waals surface area contributed by atoms with Gasteiger partial charge in [0.25, 0.3) is 0 Å². The molecule has 1 aliphatic carbocycles. The molecule has 1 heterocycles. The van der Waals surface area contributed by atoms with Crippen LogP contribution in [0, 0.1) is 5.41 Å². The molecule has 0 atom stereocenters. The summed E-state index contributed by atoms with van der Waals surface area (Å²) in [6.45, 7) is 0. The van der Waals surface area contributed by atoms with Crippen molar-refractivity contribution in [3.8, 4) is 44.9 Å². The van der Waals surface area contributed by atoms with Gasteiger partial charge in [0.1, 0.15) is 5.71 Å². The van der Waals surface area contributed by atoms with Gasteiger partial charge in [-0.3, -0.25) is 10.8 Å². The summed E-state index contributed by atoms with van der Waals surface area (Å²) < 4.78 is 0. The molecule has 1 aromatic heterocycles. The predicted molar refractivity (Wildman–Crippen MR) is 212 cm³/mol. The highest BCUT2D eigenvalue weighted by Gasteiger charge is 2.20. The van der Waals surface area contributed by atoms with E-state index in [9.17, 15) is 0 Å². The van der Waals surface area contributed by atoms with Crippen molar-refractivity contribution in [2.45, 2.75) is 0 Å². The van der Waals surface area contributed by atoms with E-state index in [-0.39, 0.29) is 0 Å². The molecule has 1 aliphatic rings. The zero-order valence-corrected chi connectivity index (χ0v) is 27.6. The molecule has 0 bridgehead atoms. The number of benzene rings is 7. The maximum Gasteiger partial charge on any atom is 0.161 e. The van der Waals surface area contributed by atoms with E-state index in [1.807, 2.05) is 66.7 Å². The lowest BCUT2D eigenvalue weighted by Gasteiger charge is -2.18. The molecule has 240 valence electrons. The van der Waals surface area contributed by atoms with E-state index >= 15 is 0 Å². The highest BCUT2D eigenvalue weighted by atomic mass is 15.3. The van der Waals surface area contributed by atoms with E-state index in [1.165, 1.54) is 5.56 Å². The Morgan fingerprint density at radius 2 is 1.24 bits per heavy atom. The van der Waals surface area contributed by atoms with Gasteiger partial charge in [0.2, 0.25) is 0 Å². The van der Waals surface area contributed by atoms with E-state index in [2.05, 4.69) is 120 Å². The molecule has 5 nitrogen and oxygen atoms in total. The van der Waals surface area contributed by atoms with E-state index < -0.39 is 0 Å². The number of rotatable bonds is 6. The van der Waals surface area contributed by atoms with Crippen molar-refractivity contribution in [2.75, 3.05) is 5.43 Å². The first-order chi connectivity index (χ1) is 25.2. The van der Waals surface area contributed by atoms with Gasteiger partial charge in [0, 0.05) is 22.1 Å². The number of hydrazone groups is 1. The molecule has 7 aromatic carbocycles. The Balaban J connectivity index is 1.12. The molecule has 0 amide bonds. The molecule has 8 aromatic rings. The van der Waals surface area contributed by atoms with E-state index in [0.29, 0.717) is 17.2 Å². The summed E-state index contributed by atoms with van der Waals surface area (Å²) in [6, 6.07) is 56.0. The highest BCUT2D eigenvalue weighted by molar-refractivity contribution is 6.55. The van der Waals surface area contributed by atoms with Gasteiger partial charge in [-0.25, -0.2) is 9.97 Å². The van der Waals surface area contributed by atoms with E-state index in [4.69, 9.17) is 15.4 Å². The molecule has 0 radical (unpaired) electrons. The second-order valence-corrected chi connectivity index (χ2v) is 12.6. The van der Waals surface area contributed by atoms with Crippen LogP contribution in [0.15, 0.2) is 175 Å². The molecule has 0 unspecified atom stereocenters. The number of nitrogens with zero attached hydrogens (tertiary/aromatic N) is 3. The minimum absolute atomic E-state index is 0.392. The van der Waals surface area contributed by atoms with Crippen LogP contribution in [-0.4, -0.2) is 21.4 Å². The number of nitrogens with one attached hydrogen (secondary N) is 2. The predicted octanol–water partition coefficient (Wildman–Crippen LogP) is 11.3. The van der Waals surface area contributed by atoms with Crippen molar-refractivity contribution >= 4 is 44.9 Å². The van der Waals surface area contributed by atoms with Gasteiger partial charge < -0.3 is 0 Å². The number of para-hydroxylation sites is 2. The van der Waals surface area contributed by atoms with Gasteiger partial charge in [-0.2, -0.15) is 5.10 Å². The number of anilines is 1. The molecule has 51 heavy (non-hydrogen) atoms. The molecular formula is C46H31N5. The minimum Gasteiger partial charge on any atom is -0.298 e. The third-order valence-electron chi connectivity index (χ3n) is 9.38. The van der Waals surface area contributed by atoms with Gasteiger partial charge >= 0.3 is 0 Å². The summed E-state index contributed by atoms with van der Waals surface area (Å²) in [6.07, 6.45) is 3.93. The number of allylic oxidation sites excluding steroid dienone is 1. The van der Waals surface area contributed by atoms with Crippen LogP contribution >= 0.6 is 0 Å². The summed E-state index contributed by atoms with van der Waals surface area (Å²) in [5.41, 5.74) is 15.0. The van der Waals surface area contributed by atoms with Crippen LogP contribution in [0.25, 0.3) is 72.7 Å². The Kier molecular flexibility index (Phi) is 7.56. The Morgan fingerprint density at radius 3 is 2.10 bits per heavy atom. The van der Waals surface area contributed by atoms with Gasteiger partial charge in [-0.05, 0) is 75.0 Å². The highest BCUT2D eigenvalue weighted by Crippen LogP contribution is 2.37. The molecule has 0 spiro atoms. The monoisotopic (exact) mass is 653 g/mol. The zero-order chi connectivity index (χ0) is 34.1. The van der Waals surface area contributed by atoms with Crippen LogP contribution in [0.4, 0.5) is 5.69 Å². The fourth-order valence-corrected chi connectivity index (χ4v) is 6.87. The van der Waals surface area contributed by atoms with Crippen LogP contribution in [0.2, 0.25) is 0 Å². The van der Waals surface area contributed by atoms with E-state index in [1.54, 1.807) is 0 Å². The van der Waals surface area contributed by atoms with Crippen LogP contribution in [0.5, 0.6) is 0 Å². The second-order valence-electron chi connectivity index (χ2n) is 12.6. The lowest BCUT2D eigenvalue weighted by atomic mass is 9.88. The van der Waals surface area contributed by atoms with Crippen LogP contribution in [-0.2, 0) is 0 Å². The van der Waals surface area contributed by atoms with Crippen molar-refractivity contribution in [1.82, 2.24) is 9.97 Å². The number of aromatic nitrogens is 2. The molecule has 0 fully saturated rings. The third kappa shape index (κ3) is 5.67. The number of hydrogen-bond donors (Lipinski definition) is 2. The van der Waals surface area contributed by atoms with Crippen molar-refractivity contribution in [3.63, 3.8) is 0 Å². The summed E-state index contributed by atoms with van der Waals surface area (Å²) in [4.78, 5) is 10.4. The standard InChI is InChI=1S/C46H31N5/c47-44-42(51-50-36-16-5-2-6-17-36)27-25-31-22-23-34-29-33(24-26-38(34)43(31)44)37-18-7-8-19-39(37)46-48-41-21-10-9-20-40(41)45(49-46)35-15-11-14-32(28-35)30-12-3-1-4-13-30/h1-29,47,50H/b47-44?,51-42-. The topological polar surface area (TPSA) is 74.0 Å². The zero-order valence-electron chi connectivity index (χ0n) is 27.6. The smallest absolute Gasteiger partial charge is 0.161 e. The van der Waals surface area contributed by atoms with Crippen molar-refractivity contribution in [2.24, 2.45) is 5.10 Å². The van der Waals surface area contributed by atoms with Crippen LogP contribution < -0.4 is 5.43 Å². The number of hydrogen-bond acceptors (Lipinski definition) is 5. The molecule has 0 aliphatic heterocycles. The average Bonchev–Trinajstić information content (AvgIpc) is 3.20. The lowest BCUT2D eigenvalue weighted by molar-refractivity contribution is 1.23. The van der Waals surface area contributed by atoms with Gasteiger partial charge in [-0.1, -0.05) is 140 Å². The number of fused-ring (bicyclic) bond motifs is 4. The van der Waals surface area contributed by atoms with Gasteiger partial charge in [0.15, 0.2) is 5.82 Å². The normalized spacial score (nSPS) is 13.1. The average molecular weight is 654 g/mol. The maximum absolute atomic E-state index is 9.12. The second kappa shape index (κ2) is 12.8. The first-order valence-corrected chi connectivity index (χ1v) is 16.9. The maximum atomic E-state index is 9.12.